The van der Waals surface area contributed by atoms with E-state index in [-0.39, 0.29) is 17.7 Å². The highest BCUT2D eigenvalue weighted by molar-refractivity contribution is 5.88. The molecule has 1 aliphatic carbocycles. The molecule has 1 fully saturated rings. The number of hydrogen-bond acceptors (Lipinski definition) is 6. The van der Waals surface area contributed by atoms with Crippen LogP contribution in [0.25, 0.3) is 10.9 Å². The number of aromatic nitrogens is 2. The molecule has 1 aromatic heterocycles. The van der Waals surface area contributed by atoms with Crippen LogP contribution in [0.1, 0.15) is 32.6 Å². The third kappa shape index (κ3) is 4.16. The second-order valence-electron chi connectivity index (χ2n) is 6.80. The number of H-pyrrole nitrogens is 1. The van der Waals surface area contributed by atoms with E-state index < -0.39 is 0 Å². The summed E-state index contributed by atoms with van der Waals surface area (Å²) >= 11 is 0. The summed E-state index contributed by atoms with van der Waals surface area (Å²) in [6, 6.07) is 4.15. The van der Waals surface area contributed by atoms with E-state index in [0.717, 1.165) is 44.5 Å². The summed E-state index contributed by atoms with van der Waals surface area (Å²) in [5, 5.41) is 0.508. The van der Waals surface area contributed by atoms with Gasteiger partial charge in [0.05, 0.1) is 24.6 Å². The third-order valence-electron chi connectivity index (χ3n) is 5.02. The first-order chi connectivity index (χ1) is 12.6. The van der Waals surface area contributed by atoms with E-state index in [1.165, 1.54) is 6.33 Å². The molecule has 0 unspecified atom stereocenters. The topological polar surface area (TPSA) is 93.5 Å². The molecule has 1 aliphatic rings. The minimum absolute atomic E-state index is 0.0851. The Morgan fingerprint density at radius 3 is 2.77 bits per heavy atom. The summed E-state index contributed by atoms with van der Waals surface area (Å²) in [7, 11) is 1.69. The fourth-order valence-electron chi connectivity index (χ4n) is 3.48. The van der Waals surface area contributed by atoms with E-state index in [4.69, 9.17) is 15.2 Å². The molecule has 0 aliphatic heterocycles. The lowest BCUT2D eigenvalue weighted by atomic mass is 9.93. The Morgan fingerprint density at radius 1 is 1.31 bits per heavy atom. The molecule has 0 bridgehead atoms. The van der Waals surface area contributed by atoms with E-state index in [1.54, 1.807) is 7.11 Å². The van der Waals surface area contributed by atoms with Gasteiger partial charge in [0.1, 0.15) is 11.1 Å². The van der Waals surface area contributed by atoms with Gasteiger partial charge in [-0.05, 0) is 38.7 Å². The standard InChI is InChI=1S/C19H28N4O3/c1-3-23(8-9-25-2)14-10-16-18(19(24)22-12-21-16)17(11-14)26-15-6-4-13(20)5-7-15/h10-13,15H,3-9,20H2,1-2H3,(H,21,22,24). The molecule has 26 heavy (non-hydrogen) atoms. The van der Waals surface area contributed by atoms with Gasteiger partial charge < -0.3 is 25.1 Å². The second-order valence-corrected chi connectivity index (χ2v) is 6.80. The number of nitrogens with zero attached hydrogens (tertiary/aromatic N) is 2. The third-order valence-corrected chi connectivity index (χ3v) is 5.02. The molecule has 0 saturated heterocycles. The van der Waals surface area contributed by atoms with Crippen LogP contribution in [0, 0.1) is 0 Å². The predicted octanol–water partition coefficient (Wildman–Crippen LogP) is 2.04. The van der Waals surface area contributed by atoms with Crippen molar-refractivity contribution < 1.29 is 9.47 Å². The first-order valence-corrected chi connectivity index (χ1v) is 9.30. The zero-order valence-electron chi connectivity index (χ0n) is 15.5. The maximum absolute atomic E-state index is 12.4. The number of fused-ring (bicyclic) bond motifs is 1. The molecular weight excluding hydrogens is 332 g/mol. The Hall–Kier alpha value is -2.12. The zero-order valence-corrected chi connectivity index (χ0v) is 15.5. The van der Waals surface area contributed by atoms with Crippen molar-refractivity contribution in [1.82, 2.24) is 9.97 Å². The molecule has 0 radical (unpaired) electrons. The maximum atomic E-state index is 12.4. The molecule has 3 N–H and O–H groups in total. The first-order valence-electron chi connectivity index (χ1n) is 9.30. The first kappa shape index (κ1) is 18.7. The van der Waals surface area contributed by atoms with Gasteiger partial charge in [0, 0.05) is 38.0 Å². The number of aromatic amines is 1. The number of rotatable bonds is 7. The molecule has 0 amide bonds. The zero-order chi connectivity index (χ0) is 18.5. The van der Waals surface area contributed by atoms with Gasteiger partial charge in [-0.15, -0.1) is 0 Å². The number of methoxy groups -OCH3 is 1. The normalized spacial score (nSPS) is 20.3. The molecule has 7 nitrogen and oxygen atoms in total. The second kappa shape index (κ2) is 8.51. The quantitative estimate of drug-likeness (QED) is 0.785. The SMILES string of the molecule is CCN(CCOC)c1cc(OC2CCC(N)CC2)c2c(=O)[nH]cnc2c1. The van der Waals surface area contributed by atoms with Crippen LogP contribution in [-0.4, -0.2) is 48.9 Å². The molecule has 1 aromatic carbocycles. The summed E-state index contributed by atoms with van der Waals surface area (Å²) in [6.07, 6.45) is 5.24. The van der Waals surface area contributed by atoms with Crippen molar-refractivity contribution in [2.45, 2.75) is 44.8 Å². The summed E-state index contributed by atoms with van der Waals surface area (Å²) in [5.74, 6) is 0.600. The van der Waals surface area contributed by atoms with Crippen LogP contribution in [0.5, 0.6) is 5.75 Å². The average Bonchev–Trinajstić information content (AvgIpc) is 2.64. The van der Waals surface area contributed by atoms with Gasteiger partial charge in [0.2, 0.25) is 0 Å². The Balaban J connectivity index is 1.97. The summed E-state index contributed by atoms with van der Waals surface area (Å²) in [5.41, 5.74) is 7.44. The number of nitrogens with one attached hydrogen (secondary N) is 1. The van der Waals surface area contributed by atoms with Crippen molar-refractivity contribution in [3.63, 3.8) is 0 Å². The van der Waals surface area contributed by atoms with E-state index in [2.05, 4.69) is 21.8 Å². The van der Waals surface area contributed by atoms with Gasteiger partial charge in [-0.3, -0.25) is 4.79 Å². The minimum Gasteiger partial charge on any atom is -0.489 e. The number of ether oxygens (including phenoxy) is 2. The molecule has 7 heteroatoms. The lowest BCUT2D eigenvalue weighted by Crippen LogP contribution is -2.32. The lowest BCUT2D eigenvalue weighted by molar-refractivity contribution is 0.149. The van der Waals surface area contributed by atoms with Crippen LogP contribution in [0.3, 0.4) is 0 Å². The van der Waals surface area contributed by atoms with Crippen LogP contribution in [0.2, 0.25) is 0 Å². The highest BCUT2D eigenvalue weighted by atomic mass is 16.5. The average molecular weight is 360 g/mol. The van der Waals surface area contributed by atoms with Gasteiger partial charge in [-0.2, -0.15) is 0 Å². The molecular formula is C19H28N4O3. The van der Waals surface area contributed by atoms with E-state index in [1.807, 2.05) is 12.1 Å². The smallest absolute Gasteiger partial charge is 0.262 e. The number of benzene rings is 1. The number of anilines is 1. The highest BCUT2D eigenvalue weighted by Crippen LogP contribution is 2.31. The van der Waals surface area contributed by atoms with Crippen molar-refractivity contribution in [2.75, 3.05) is 31.7 Å². The van der Waals surface area contributed by atoms with Gasteiger partial charge in [0.15, 0.2) is 0 Å². The molecule has 0 spiro atoms. The summed E-state index contributed by atoms with van der Waals surface area (Å²) in [4.78, 5) is 21.6. The summed E-state index contributed by atoms with van der Waals surface area (Å²) < 4.78 is 11.5. The molecule has 3 rings (SSSR count). The van der Waals surface area contributed by atoms with Gasteiger partial charge in [0.25, 0.3) is 5.56 Å². The van der Waals surface area contributed by atoms with Crippen LogP contribution in [-0.2, 0) is 4.74 Å². The van der Waals surface area contributed by atoms with Crippen LogP contribution >= 0.6 is 0 Å². The van der Waals surface area contributed by atoms with Gasteiger partial charge >= 0.3 is 0 Å². The fourth-order valence-corrected chi connectivity index (χ4v) is 3.48. The van der Waals surface area contributed by atoms with Crippen molar-refractivity contribution >= 4 is 16.6 Å². The van der Waals surface area contributed by atoms with E-state index in [9.17, 15) is 4.79 Å². The number of nitrogens with two attached hydrogens (primary N) is 1. The van der Waals surface area contributed by atoms with E-state index >= 15 is 0 Å². The Morgan fingerprint density at radius 2 is 2.08 bits per heavy atom. The van der Waals surface area contributed by atoms with Crippen LogP contribution in [0.15, 0.2) is 23.3 Å². The minimum atomic E-state index is -0.177. The van der Waals surface area contributed by atoms with Gasteiger partial charge in [-0.25, -0.2) is 4.98 Å². The maximum Gasteiger partial charge on any atom is 0.262 e. The van der Waals surface area contributed by atoms with Crippen LogP contribution < -0.4 is 20.9 Å². The highest BCUT2D eigenvalue weighted by Gasteiger charge is 2.22. The molecule has 2 aromatic rings. The van der Waals surface area contributed by atoms with Gasteiger partial charge in [-0.1, -0.05) is 0 Å². The Labute approximate surface area is 153 Å². The van der Waals surface area contributed by atoms with Crippen molar-refractivity contribution in [3.8, 4) is 5.75 Å². The monoisotopic (exact) mass is 360 g/mol. The molecule has 142 valence electrons. The largest absolute Gasteiger partial charge is 0.489 e. The summed E-state index contributed by atoms with van der Waals surface area (Å²) in [6.45, 7) is 4.31. The molecule has 1 saturated carbocycles. The van der Waals surface area contributed by atoms with E-state index in [0.29, 0.717) is 23.3 Å². The predicted molar refractivity (Wildman–Crippen MR) is 103 cm³/mol. The Kier molecular flexibility index (Phi) is 6.11. The number of hydrogen-bond donors (Lipinski definition) is 2. The molecule has 1 heterocycles. The lowest BCUT2D eigenvalue weighted by Gasteiger charge is -2.28. The van der Waals surface area contributed by atoms with Crippen molar-refractivity contribution in [2.24, 2.45) is 5.73 Å². The van der Waals surface area contributed by atoms with Crippen molar-refractivity contribution in [1.29, 1.82) is 0 Å². The van der Waals surface area contributed by atoms with Crippen molar-refractivity contribution in [3.05, 3.63) is 28.8 Å². The molecule has 0 atom stereocenters. The Bertz CT molecular complexity index is 784. The number of likely N-dealkylation sites (N-methyl/N-ethyl adjacent to an activating group) is 1. The van der Waals surface area contributed by atoms with Crippen LogP contribution in [0.4, 0.5) is 5.69 Å². The fraction of sp³-hybridized carbons (Fsp3) is 0.579.